The highest BCUT2D eigenvalue weighted by Gasteiger charge is 2.16. The lowest BCUT2D eigenvalue weighted by atomic mass is 10.2. The maximum absolute atomic E-state index is 11.0. The summed E-state index contributed by atoms with van der Waals surface area (Å²) in [6.45, 7) is 1.98. The molecular formula is C15H12Cl2N4O2. The van der Waals surface area contributed by atoms with E-state index in [1.165, 1.54) is 18.5 Å². The van der Waals surface area contributed by atoms with Crippen molar-refractivity contribution in [2.75, 3.05) is 5.32 Å². The van der Waals surface area contributed by atoms with Gasteiger partial charge in [0.1, 0.15) is 17.2 Å². The number of nitro groups is 1. The van der Waals surface area contributed by atoms with Crippen LogP contribution in [0.3, 0.4) is 0 Å². The fraction of sp³-hybridized carbons (Fsp3) is 0.0667. The highest BCUT2D eigenvalue weighted by atomic mass is 35.5. The van der Waals surface area contributed by atoms with E-state index in [9.17, 15) is 10.1 Å². The van der Waals surface area contributed by atoms with Crippen molar-refractivity contribution in [1.82, 2.24) is 9.97 Å². The number of anilines is 2. The highest BCUT2D eigenvalue weighted by molar-refractivity contribution is 6.33. The topological polar surface area (TPSA) is 81.0 Å². The molecule has 0 spiro atoms. The lowest BCUT2D eigenvalue weighted by Crippen LogP contribution is -1.97. The quantitative estimate of drug-likeness (QED) is 0.548. The van der Waals surface area contributed by atoms with Crippen molar-refractivity contribution in [2.45, 2.75) is 6.92 Å². The van der Waals surface area contributed by atoms with Gasteiger partial charge in [-0.3, -0.25) is 10.1 Å². The molecular weight excluding hydrogens is 339 g/mol. The first-order valence-electron chi connectivity index (χ1n) is 6.47. The van der Waals surface area contributed by atoms with E-state index < -0.39 is 4.92 Å². The van der Waals surface area contributed by atoms with Crippen LogP contribution in [0.25, 0.3) is 10.9 Å². The van der Waals surface area contributed by atoms with Gasteiger partial charge >= 0.3 is 0 Å². The molecule has 23 heavy (non-hydrogen) atoms. The van der Waals surface area contributed by atoms with Gasteiger partial charge in [-0.25, -0.2) is 9.97 Å². The summed E-state index contributed by atoms with van der Waals surface area (Å²) < 4.78 is 0. The van der Waals surface area contributed by atoms with E-state index in [1.54, 1.807) is 0 Å². The Morgan fingerprint density at radius 1 is 1.22 bits per heavy atom. The molecule has 0 fully saturated rings. The molecule has 0 aliphatic heterocycles. The van der Waals surface area contributed by atoms with Crippen molar-refractivity contribution < 1.29 is 4.92 Å². The van der Waals surface area contributed by atoms with Gasteiger partial charge in [0.2, 0.25) is 0 Å². The molecule has 6 nitrogen and oxygen atoms in total. The Kier molecular flexibility index (Phi) is 4.98. The van der Waals surface area contributed by atoms with Gasteiger partial charge in [0, 0.05) is 17.1 Å². The molecule has 3 aromatic rings. The first kappa shape index (κ1) is 16.9. The molecule has 0 bridgehead atoms. The fourth-order valence-corrected chi connectivity index (χ4v) is 2.39. The van der Waals surface area contributed by atoms with E-state index in [4.69, 9.17) is 11.6 Å². The second-order valence-electron chi connectivity index (χ2n) is 4.79. The van der Waals surface area contributed by atoms with Gasteiger partial charge in [-0.05, 0) is 30.7 Å². The van der Waals surface area contributed by atoms with Crippen LogP contribution in [0.4, 0.5) is 17.2 Å². The standard InChI is InChI=1S/C15H11ClN4O2.ClH/c1-9-3-2-4-10(5-9)19-15-11-6-14(20(21)22)12(16)7-13(11)17-8-18-15;/h2-8H,1H3,(H,17,18,19);1H. The van der Waals surface area contributed by atoms with Gasteiger partial charge in [-0.2, -0.15) is 0 Å². The Morgan fingerprint density at radius 2 is 2.00 bits per heavy atom. The zero-order chi connectivity index (χ0) is 15.7. The lowest BCUT2D eigenvalue weighted by Gasteiger charge is -2.09. The minimum atomic E-state index is -0.523. The molecule has 3 rings (SSSR count). The van der Waals surface area contributed by atoms with E-state index in [1.807, 2.05) is 31.2 Å². The van der Waals surface area contributed by atoms with Crippen LogP contribution in [0.2, 0.25) is 5.02 Å². The minimum Gasteiger partial charge on any atom is -0.340 e. The molecule has 0 radical (unpaired) electrons. The molecule has 0 unspecified atom stereocenters. The van der Waals surface area contributed by atoms with Crippen LogP contribution in [0, 0.1) is 17.0 Å². The SMILES string of the molecule is Cc1cccc(Nc2ncnc3cc(Cl)c([N+](=O)[O-])cc23)c1.Cl. The maximum atomic E-state index is 11.0. The Morgan fingerprint density at radius 3 is 2.70 bits per heavy atom. The predicted octanol–water partition coefficient (Wildman–Crippen LogP) is 4.67. The number of nitrogens with one attached hydrogen (secondary N) is 1. The van der Waals surface area contributed by atoms with Gasteiger partial charge in [0.15, 0.2) is 0 Å². The van der Waals surface area contributed by atoms with E-state index in [0.717, 1.165) is 11.3 Å². The van der Waals surface area contributed by atoms with E-state index >= 15 is 0 Å². The summed E-state index contributed by atoms with van der Waals surface area (Å²) in [6, 6.07) is 10.6. The largest absolute Gasteiger partial charge is 0.340 e. The Labute approximate surface area is 143 Å². The van der Waals surface area contributed by atoms with Crippen molar-refractivity contribution in [3.8, 4) is 0 Å². The van der Waals surface area contributed by atoms with E-state index in [0.29, 0.717) is 16.7 Å². The second-order valence-corrected chi connectivity index (χ2v) is 5.20. The number of aromatic nitrogens is 2. The van der Waals surface area contributed by atoms with Crippen molar-refractivity contribution >= 4 is 52.1 Å². The molecule has 8 heteroatoms. The van der Waals surface area contributed by atoms with Gasteiger partial charge in [0.25, 0.3) is 5.69 Å². The number of nitro benzene ring substituents is 1. The summed E-state index contributed by atoms with van der Waals surface area (Å²) in [4.78, 5) is 18.8. The normalized spacial score (nSPS) is 10.2. The summed E-state index contributed by atoms with van der Waals surface area (Å²) in [5, 5.41) is 14.8. The molecule has 1 aromatic heterocycles. The molecule has 0 amide bonds. The van der Waals surface area contributed by atoms with Crippen molar-refractivity contribution in [3.63, 3.8) is 0 Å². The van der Waals surface area contributed by atoms with Gasteiger partial charge in [0.05, 0.1) is 10.4 Å². The number of benzene rings is 2. The maximum Gasteiger partial charge on any atom is 0.288 e. The fourth-order valence-electron chi connectivity index (χ4n) is 2.17. The summed E-state index contributed by atoms with van der Waals surface area (Å²) in [5.41, 5.74) is 2.31. The van der Waals surface area contributed by atoms with Crippen LogP contribution in [0.1, 0.15) is 5.56 Å². The zero-order valence-electron chi connectivity index (χ0n) is 12.0. The lowest BCUT2D eigenvalue weighted by molar-refractivity contribution is -0.384. The molecule has 1 N–H and O–H groups in total. The number of hydrogen-bond acceptors (Lipinski definition) is 5. The number of aryl methyl sites for hydroxylation is 1. The molecule has 0 saturated carbocycles. The Hall–Kier alpha value is -2.44. The minimum absolute atomic E-state index is 0. The van der Waals surface area contributed by atoms with E-state index in [2.05, 4.69) is 15.3 Å². The average Bonchev–Trinajstić information content (AvgIpc) is 2.46. The number of fused-ring (bicyclic) bond motifs is 1. The number of nitrogens with zero attached hydrogens (tertiary/aromatic N) is 3. The molecule has 0 aliphatic rings. The van der Waals surface area contributed by atoms with Crippen LogP contribution < -0.4 is 5.32 Å². The molecule has 0 aliphatic carbocycles. The van der Waals surface area contributed by atoms with Crippen molar-refractivity contribution in [1.29, 1.82) is 0 Å². The van der Waals surface area contributed by atoms with E-state index in [-0.39, 0.29) is 23.1 Å². The Balaban J connectivity index is 0.00000192. The summed E-state index contributed by atoms with van der Waals surface area (Å²) in [7, 11) is 0. The highest BCUT2D eigenvalue weighted by Crippen LogP contribution is 2.32. The summed E-state index contributed by atoms with van der Waals surface area (Å²) >= 11 is 5.91. The van der Waals surface area contributed by atoms with Crippen LogP contribution in [0.15, 0.2) is 42.7 Å². The number of halogens is 2. The molecule has 2 aromatic carbocycles. The molecule has 0 atom stereocenters. The van der Waals surface area contributed by atoms with Gasteiger partial charge < -0.3 is 5.32 Å². The third-order valence-corrected chi connectivity index (χ3v) is 3.48. The summed E-state index contributed by atoms with van der Waals surface area (Å²) in [5.74, 6) is 0.496. The smallest absolute Gasteiger partial charge is 0.288 e. The Bertz CT molecular complexity index is 886. The van der Waals surface area contributed by atoms with Crippen LogP contribution in [-0.4, -0.2) is 14.9 Å². The van der Waals surface area contributed by atoms with Crippen molar-refractivity contribution in [3.05, 3.63) is 63.4 Å². The van der Waals surface area contributed by atoms with Gasteiger partial charge in [-0.15, -0.1) is 12.4 Å². The molecule has 118 valence electrons. The van der Waals surface area contributed by atoms with Crippen molar-refractivity contribution in [2.24, 2.45) is 0 Å². The molecule has 1 heterocycles. The first-order valence-corrected chi connectivity index (χ1v) is 6.85. The summed E-state index contributed by atoms with van der Waals surface area (Å²) in [6.07, 6.45) is 1.39. The third-order valence-electron chi connectivity index (χ3n) is 3.18. The van der Waals surface area contributed by atoms with Gasteiger partial charge in [-0.1, -0.05) is 23.7 Å². The van der Waals surface area contributed by atoms with Crippen LogP contribution in [-0.2, 0) is 0 Å². The van der Waals surface area contributed by atoms with Crippen LogP contribution >= 0.6 is 24.0 Å². The monoisotopic (exact) mass is 350 g/mol. The zero-order valence-corrected chi connectivity index (χ0v) is 13.6. The first-order chi connectivity index (χ1) is 10.5. The number of rotatable bonds is 3. The second kappa shape index (κ2) is 6.76. The number of hydrogen-bond donors (Lipinski definition) is 1. The predicted molar refractivity (Wildman–Crippen MR) is 92.9 cm³/mol. The molecule has 0 saturated heterocycles. The van der Waals surface area contributed by atoms with Crippen LogP contribution in [0.5, 0.6) is 0 Å². The average molecular weight is 351 g/mol. The third kappa shape index (κ3) is 3.49.